The molecule has 3 nitrogen and oxygen atoms in total. The molecule has 1 fully saturated rings. The molecule has 0 aromatic carbocycles. The van der Waals surface area contributed by atoms with E-state index in [1.54, 1.807) is 0 Å². The van der Waals surface area contributed by atoms with Gasteiger partial charge in [-0.1, -0.05) is 6.42 Å². The molecule has 1 aliphatic carbocycles. The van der Waals surface area contributed by atoms with Gasteiger partial charge in [0.25, 0.3) is 0 Å². The molecule has 1 amide bonds. The summed E-state index contributed by atoms with van der Waals surface area (Å²) in [6.07, 6.45) is 3.46. The second-order valence-electron chi connectivity index (χ2n) is 2.93. The highest BCUT2D eigenvalue weighted by Crippen LogP contribution is 2.26. The third kappa shape index (κ3) is 2.78. The van der Waals surface area contributed by atoms with Crippen LogP contribution in [0, 0.1) is 5.92 Å². The molecule has 0 saturated heterocycles. The molecule has 0 radical (unpaired) electrons. The fourth-order valence-corrected chi connectivity index (χ4v) is 1.05. The Morgan fingerprint density at radius 1 is 1.64 bits per heavy atom. The van der Waals surface area contributed by atoms with Crippen LogP contribution in [0.2, 0.25) is 0 Å². The summed E-state index contributed by atoms with van der Waals surface area (Å²) in [6.45, 7) is 3.12. The lowest BCUT2D eigenvalue weighted by Gasteiger charge is -2.24. The molecular formula is C8H15NO2. The second-order valence-corrected chi connectivity index (χ2v) is 2.93. The van der Waals surface area contributed by atoms with Crippen molar-refractivity contribution in [3.63, 3.8) is 0 Å². The average molecular weight is 157 g/mol. The van der Waals surface area contributed by atoms with Crippen LogP contribution in [0.5, 0.6) is 0 Å². The highest BCUT2D eigenvalue weighted by molar-refractivity contribution is 5.66. The van der Waals surface area contributed by atoms with Gasteiger partial charge in [-0.3, -0.25) is 0 Å². The summed E-state index contributed by atoms with van der Waals surface area (Å²) in [6, 6.07) is 0. The third-order valence-electron chi connectivity index (χ3n) is 2.00. The maximum absolute atomic E-state index is 10.8. The zero-order chi connectivity index (χ0) is 8.10. The van der Waals surface area contributed by atoms with Crippen LogP contribution in [-0.2, 0) is 4.74 Å². The summed E-state index contributed by atoms with van der Waals surface area (Å²) < 4.78 is 4.94. The molecule has 1 saturated carbocycles. The molecule has 11 heavy (non-hydrogen) atoms. The van der Waals surface area contributed by atoms with Crippen molar-refractivity contribution >= 4 is 6.09 Å². The number of carbonyl (C=O) groups is 1. The summed E-state index contributed by atoms with van der Waals surface area (Å²) in [5, 5.41) is 2.59. The zero-order valence-corrected chi connectivity index (χ0v) is 6.93. The Kier molecular flexibility index (Phi) is 3.20. The van der Waals surface area contributed by atoms with Crippen molar-refractivity contribution in [3.05, 3.63) is 0 Å². The summed E-state index contributed by atoms with van der Waals surface area (Å²) in [4.78, 5) is 10.8. The molecule has 0 aromatic heterocycles. The van der Waals surface area contributed by atoms with Crippen LogP contribution in [0.4, 0.5) is 4.79 Å². The molecule has 0 spiro atoms. The van der Waals surface area contributed by atoms with Crippen molar-refractivity contribution in [1.82, 2.24) is 5.32 Å². The molecule has 3 heteroatoms. The van der Waals surface area contributed by atoms with E-state index in [0.717, 1.165) is 0 Å². The van der Waals surface area contributed by atoms with Gasteiger partial charge in [-0.05, 0) is 25.7 Å². The van der Waals surface area contributed by atoms with Gasteiger partial charge in [0.05, 0.1) is 6.61 Å². The van der Waals surface area contributed by atoms with Gasteiger partial charge in [-0.2, -0.15) is 0 Å². The number of nitrogens with one attached hydrogen (secondary N) is 1. The Balaban J connectivity index is 1.96. The van der Waals surface area contributed by atoms with Gasteiger partial charge in [0.2, 0.25) is 0 Å². The van der Waals surface area contributed by atoms with E-state index in [4.69, 9.17) is 4.74 Å². The Labute approximate surface area is 67.1 Å². The standard InChI is InChI=1S/C8H15NO2/c1-2-9-8(10)11-6-7-4-3-5-7/h7H,2-6H2,1H3,(H,9,10). The molecule has 1 aliphatic rings. The maximum atomic E-state index is 10.8. The van der Waals surface area contributed by atoms with Crippen molar-refractivity contribution in [2.45, 2.75) is 26.2 Å². The van der Waals surface area contributed by atoms with Crippen LogP contribution < -0.4 is 5.32 Å². The number of hydrogen-bond acceptors (Lipinski definition) is 2. The van der Waals surface area contributed by atoms with Crippen LogP contribution in [0.1, 0.15) is 26.2 Å². The lowest BCUT2D eigenvalue weighted by atomic mass is 9.86. The topological polar surface area (TPSA) is 38.3 Å². The van der Waals surface area contributed by atoms with Crippen LogP contribution in [0.15, 0.2) is 0 Å². The molecule has 0 heterocycles. The van der Waals surface area contributed by atoms with Crippen LogP contribution in [0.3, 0.4) is 0 Å². The SMILES string of the molecule is CCNC(=O)OCC1CCC1. The van der Waals surface area contributed by atoms with Gasteiger partial charge in [0.1, 0.15) is 0 Å². The Morgan fingerprint density at radius 3 is 2.82 bits per heavy atom. The van der Waals surface area contributed by atoms with E-state index >= 15 is 0 Å². The summed E-state index contributed by atoms with van der Waals surface area (Å²) >= 11 is 0. The molecule has 64 valence electrons. The Morgan fingerprint density at radius 2 is 2.36 bits per heavy atom. The fraction of sp³-hybridized carbons (Fsp3) is 0.875. The number of rotatable bonds is 3. The number of hydrogen-bond donors (Lipinski definition) is 1. The highest BCUT2D eigenvalue weighted by Gasteiger charge is 2.18. The average Bonchev–Trinajstić information content (AvgIpc) is 1.85. The van der Waals surface area contributed by atoms with Gasteiger partial charge < -0.3 is 10.1 Å². The van der Waals surface area contributed by atoms with Crippen LogP contribution >= 0.6 is 0 Å². The first-order valence-corrected chi connectivity index (χ1v) is 4.23. The van der Waals surface area contributed by atoms with E-state index in [2.05, 4.69) is 5.32 Å². The van der Waals surface area contributed by atoms with E-state index in [0.29, 0.717) is 19.1 Å². The van der Waals surface area contributed by atoms with E-state index < -0.39 is 0 Å². The second kappa shape index (κ2) is 4.21. The normalized spacial score (nSPS) is 17.2. The van der Waals surface area contributed by atoms with Gasteiger partial charge in [0, 0.05) is 6.54 Å². The van der Waals surface area contributed by atoms with Crippen LogP contribution in [-0.4, -0.2) is 19.2 Å². The van der Waals surface area contributed by atoms with E-state index in [-0.39, 0.29) is 6.09 Å². The van der Waals surface area contributed by atoms with Gasteiger partial charge in [0.15, 0.2) is 0 Å². The quantitative estimate of drug-likeness (QED) is 0.674. The monoisotopic (exact) mass is 157 g/mol. The van der Waals surface area contributed by atoms with Crippen LogP contribution in [0.25, 0.3) is 0 Å². The van der Waals surface area contributed by atoms with Gasteiger partial charge >= 0.3 is 6.09 Å². The molecule has 0 bridgehead atoms. The van der Waals surface area contributed by atoms with Gasteiger partial charge in [-0.15, -0.1) is 0 Å². The summed E-state index contributed by atoms with van der Waals surface area (Å²) in [7, 11) is 0. The third-order valence-corrected chi connectivity index (χ3v) is 2.00. The summed E-state index contributed by atoms with van der Waals surface area (Å²) in [5.41, 5.74) is 0. The summed E-state index contributed by atoms with van der Waals surface area (Å²) in [5.74, 6) is 0.637. The predicted octanol–water partition coefficient (Wildman–Crippen LogP) is 1.53. The number of alkyl carbamates (subject to hydrolysis) is 1. The van der Waals surface area contributed by atoms with Crippen molar-refractivity contribution < 1.29 is 9.53 Å². The molecule has 0 unspecified atom stereocenters. The van der Waals surface area contributed by atoms with Gasteiger partial charge in [-0.25, -0.2) is 4.79 Å². The Hall–Kier alpha value is -0.730. The van der Waals surface area contributed by atoms with E-state index in [9.17, 15) is 4.79 Å². The largest absolute Gasteiger partial charge is 0.449 e. The molecule has 1 N–H and O–H groups in total. The highest BCUT2D eigenvalue weighted by atomic mass is 16.5. The molecule has 0 aliphatic heterocycles. The number of amides is 1. The number of carbonyl (C=O) groups excluding carboxylic acids is 1. The van der Waals surface area contributed by atoms with E-state index in [1.807, 2.05) is 6.92 Å². The van der Waals surface area contributed by atoms with E-state index in [1.165, 1.54) is 19.3 Å². The minimum atomic E-state index is -0.278. The van der Waals surface area contributed by atoms with Crippen molar-refractivity contribution in [3.8, 4) is 0 Å². The zero-order valence-electron chi connectivity index (χ0n) is 6.93. The fourth-order valence-electron chi connectivity index (χ4n) is 1.05. The van der Waals surface area contributed by atoms with Crippen molar-refractivity contribution in [1.29, 1.82) is 0 Å². The first-order chi connectivity index (χ1) is 5.33. The first-order valence-electron chi connectivity index (χ1n) is 4.23. The predicted molar refractivity (Wildman–Crippen MR) is 42.4 cm³/mol. The minimum Gasteiger partial charge on any atom is -0.449 e. The molecule has 0 aromatic rings. The maximum Gasteiger partial charge on any atom is 0.407 e. The van der Waals surface area contributed by atoms with Crippen molar-refractivity contribution in [2.75, 3.05) is 13.2 Å². The number of ether oxygens (including phenoxy) is 1. The minimum absolute atomic E-state index is 0.278. The first kappa shape index (κ1) is 8.37. The lowest BCUT2D eigenvalue weighted by molar-refractivity contribution is 0.104. The van der Waals surface area contributed by atoms with Crippen molar-refractivity contribution in [2.24, 2.45) is 5.92 Å². The molecule has 1 rings (SSSR count). The smallest absolute Gasteiger partial charge is 0.407 e. The lowest BCUT2D eigenvalue weighted by Crippen LogP contribution is -2.27. The molecular weight excluding hydrogens is 142 g/mol. The Bertz CT molecular complexity index is 132. The molecule has 0 atom stereocenters.